The molecule has 226 valence electrons. The van der Waals surface area contributed by atoms with Crippen LogP contribution < -0.4 is 10.6 Å². The number of benzene rings is 1. The van der Waals surface area contributed by atoms with E-state index in [-0.39, 0.29) is 72.3 Å². The molecular formula is C27H30F5N7O3. The van der Waals surface area contributed by atoms with Gasteiger partial charge < -0.3 is 20.5 Å². The third-order valence-electron chi connectivity index (χ3n) is 8.81. The number of imidazole rings is 1. The van der Waals surface area contributed by atoms with Crippen molar-refractivity contribution in [2.45, 2.75) is 68.8 Å². The number of hydrogen-bond donors (Lipinski definition) is 3. The maximum absolute atomic E-state index is 16.3. The molecule has 1 unspecified atom stereocenters. The Kier molecular flexibility index (Phi) is 6.97. The van der Waals surface area contributed by atoms with E-state index in [1.165, 1.54) is 13.0 Å². The summed E-state index contributed by atoms with van der Waals surface area (Å²) in [6.07, 6.45) is -0.141. The zero-order valence-corrected chi connectivity index (χ0v) is 22.8. The molecule has 3 N–H and O–H groups in total. The van der Waals surface area contributed by atoms with Crippen LogP contribution in [0.2, 0.25) is 0 Å². The number of fused-ring (bicyclic) bond motifs is 1. The number of carbonyl (C=O) groups is 2. The lowest BCUT2D eigenvalue weighted by Crippen LogP contribution is -2.64. The molecule has 1 aromatic carbocycles. The Morgan fingerprint density at radius 2 is 1.74 bits per heavy atom. The first-order valence-electron chi connectivity index (χ1n) is 13.9. The highest BCUT2D eigenvalue weighted by Gasteiger charge is 2.53. The Balaban J connectivity index is 1.36. The highest BCUT2D eigenvalue weighted by atomic mass is 19.3. The van der Waals surface area contributed by atoms with E-state index < -0.39 is 59.9 Å². The highest BCUT2D eigenvalue weighted by molar-refractivity contribution is 5.93. The fourth-order valence-corrected chi connectivity index (χ4v) is 6.44. The van der Waals surface area contributed by atoms with Crippen LogP contribution in [0.15, 0.2) is 16.8 Å². The second-order valence-corrected chi connectivity index (χ2v) is 11.6. The van der Waals surface area contributed by atoms with Gasteiger partial charge in [0.1, 0.15) is 17.0 Å². The Hall–Kier alpha value is -3.62. The molecule has 1 aliphatic carbocycles. The third kappa shape index (κ3) is 5.01. The van der Waals surface area contributed by atoms with Crippen molar-refractivity contribution >= 4 is 22.8 Å². The van der Waals surface area contributed by atoms with Crippen molar-refractivity contribution in [2.24, 2.45) is 5.92 Å². The Labute approximate surface area is 236 Å². The highest BCUT2D eigenvalue weighted by Crippen LogP contribution is 2.43. The van der Waals surface area contributed by atoms with E-state index in [0.29, 0.717) is 13.1 Å². The van der Waals surface area contributed by atoms with Crippen LogP contribution in [-0.2, 0) is 10.2 Å². The van der Waals surface area contributed by atoms with Crippen LogP contribution in [0.1, 0.15) is 72.1 Å². The molecule has 3 aromatic rings. The average Bonchev–Trinajstić information content (AvgIpc) is 3.57. The summed E-state index contributed by atoms with van der Waals surface area (Å²) in [4.78, 5) is 35.2. The first kappa shape index (κ1) is 28.5. The summed E-state index contributed by atoms with van der Waals surface area (Å²) in [6, 6.07) is 2.14. The van der Waals surface area contributed by atoms with Crippen molar-refractivity contribution < 1.29 is 36.2 Å². The van der Waals surface area contributed by atoms with E-state index >= 15 is 4.39 Å². The number of piperidine rings is 1. The number of alkyl halides is 4. The standard InChI is InChI=1S/C27H30F5N7O3/c1-14-19(38-42-37-14)23(40)36-20(15-4-6-26(29,30)7-5-15)22-34-17-3-2-16(18(28)21(17)35-22)25(8-10-33-11-9-25)24(41)39-12-27(31,32)13-39/h2-3,15,20,33H,4-13H2,1H3,(H,34,35)(H,36,40). The number of nitrogens with one attached hydrogen (secondary N) is 3. The van der Waals surface area contributed by atoms with E-state index in [4.69, 9.17) is 0 Å². The van der Waals surface area contributed by atoms with Crippen molar-refractivity contribution in [1.82, 2.24) is 35.8 Å². The maximum atomic E-state index is 16.3. The van der Waals surface area contributed by atoms with Crippen LogP contribution in [0, 0.1) is 18.7 Å². The van der Waals surface area contributed by atoms with Gasteiger partial charge >= 0.3 is 0 Å². The van der Waals surface area contributed by atoms with Gasteiger partial charge in [-0.1, -0.05) is 11.2 Å². The van der Waals surface area contributed by atoms with E-state index in [1.807, 2.05) is 0 Å². The molecular weight excluding hydrogens is 565 g/mol. The zero-order valence-electron chi connectivity index (χ0n) is 22.8. The normalized spacial score (nSPS) is 22.5. The van der Waals surface area contributed by atoms with Gasteiger partial charge in [-0.25, -0.2) is 31.6 Å². The summed E-state index contributed by atoms with van der Waals surface area (Å²) in [5.74, 6) is -8.03. The van der Waals surface area contributed by atoms with Gasteiger partial charge in [0.2, 0.25) is 11.8 Å². The molecule has 42 heavy (non-hydrogen) atoms. The number of halogens is 5. The number of aryl methyl sites for hydroxylation is 1. The van der Waals surface area contributed by atoms with E-state index in [2.05, 4.69) is 35.5 Å². The van der Waals surface area contributed by atoms with Gasteiger partial charge in [0.15, 0.2) is 11.5 Å². The summed E-state index contributed by atoms with van der Waals surface area (Å²) in [7, 11) is 0. The summed E-state index contributed by atoms with van der Waals surface area (Å²) >= 11 is 0. The molecule has 0 spiro atoms. The molecule has 6 rings (SSSR count). The molecule has 15 heteroatoms. The van der Waals surface area contributed by atoms with Gasteiger partial charge in [-0.3, -0.25) is 9.59 Å². The Morgan fingerprint density at radius 3 is 2.36 bits per heavy atom. The number of nitrogens with zero attached hydrogens (tertiary/aromatic N) is 4. The number of likely N-dealkylation sites (tertiary alicyclic amines) is 1. The number of hydrogen-bond acceptors (Lipinski definition) is 7. The molecule has 2 amide bonds. The van der Waals surface area contributed by atoms with Gasteiger partial charge in [0.05, 0.1) is 30.1 Å². The van der Waals surface area contributed by atoms with Crippen molar-refractivity contribution in [3.05, 3.63) is 40.7 Å². The quantitative estimate of drug-likeness (QED) is 0.370. The monoisotopic (exact) mass is 595 g/mol. The number of amides is 2. The molecule has 1 atom stereocenters. The van der Waals surface area contributed by atoms with E-state index in [9.17, 15) is 27.2 Å². The number of aromatic nitrogens is 4. The minimum Gasteiger partial charge on any atom is -0.340 e. The van der Waals surface area contributed by atoms with Crippen LogP contribution in [0.5, 0.6) is 0 Å². The lowest BCUT2D eigenvalue weighted by atomic mass is 9.71. The van der Waals surface area contributed by atoms with Crippen LogP contribution in [0.3, 0.4) is 0 Å². The van der Waals surface area contributed by atoms with Crippen LogP contribution in [0.25, 0.3) is 11.0 Å². The van der Waals surface area contributed by atoms with E-state index in [1.54, 1.807) is 6.07 Å². The molecule has 0 radical (unpaired) electrons. The molecule has 3 fully saturated rings. The van der Waals surface area contributed by atoms with Crippen molar-refractivity contribution in [3.63, 3.8) is 0 Å². The number of aromatic amines is 1. The van der Waals surface area contributed by atoms with Crippen LogP contribution >= 0.6 is 0 Å². The maximum Gasteiger partial charge on any atom is 0.282 e. The van der Waals surface area contributed by atoms with Crippen molar-refractivity contribution in [3.8, 4) is 0 Å². The zero-order chi connectivity index (χ0) is 29.9. The molecule has 2 aromatic heterocycles. The fraction of sp³-hybridized carbons (Fsp3) is 0.593. The first-order chi connectivity index (χ1) is 19.9. The lowest BCUT2D eigenvalue weighted by Gasteiger charge is -2.46. The molecule has 3 aliphatic rings. The minimum absolute atomic E-state index is 0.0666. The Bertz CT molecular complexity index is 1500. The van der Waals surface area contributed by atoms with Gasteiger partial charge in [-0.05, 0) is 62.8 Å². The fourth-order valence-electron chi connectivity index (χ4n) is 6.44. The topological polar surface area (TPSA) is 129 Å². The van der Waals surface area contributed by atoms with Gasteiger partial charge in [-0.2, -0.15) is 0 Å². The van der Waals surface area contributed by atoms with Crippen molar-refractivity contribution in [2.75, 3.05) is 26.2 Å². The first-order valence-corrected chi connectivity index (χ1v) is 13.9. The molecule has 2 aliphatic heterocycles. The minimum atomic E-state index is -2.97. The van der Waals surface area contributed by atoms with E-state index in [0.717, 1.165) is 4.90 Å². The third-order valence-corrected chi connectivity index (χ3v) is 8.81. The van der Waals surface area contributed by atoms with Crippen LogP contribution in [0.4, 0.5) is 22.0 Å². The second kappa shape index (κ2) is 10.3. The summed E-state index contributed by atoms with van der Waals surface area (Å²) in [6.45, 7) is 0.907. The SMILES string of the molecule is Cc1nonc1C(=O)NC(c1nc2c(F)c(C3(C(=O)N4CC(F)(F)C4)CCNCC3)ccc2[nH]1)C1CCC(F)(F)CC1. The average molecular weight is 596 g/mol. The van der Waals surface area contributed by atoms with Crippen molar-refractivity contribution in [1.29, 1.82) is 0 Å². The molecule has 0 bridgehead atoms. The molecule has 4 heterocycles. The predicted octanol–water partition coefficient (Wildman–Crippen LogP) is 3.79. The summed E-state index contributed by atoms with van der Waals surface area (Å²) in [5.41, 5.74) is -0.942. The second-order valence-electron chi connectivity index (χ2n) is 11.6. The largest absolute Gasteiger partial charge is 0.340 e. The van der Waals surface area contributed by atoms with Gasteiger partial charge in [0, 0.05) is 18.4 Å². The molecule has 1 saturated carbocycles. The Morgan fingerprint density at radius 1 is 1.05 bits per heavy atom. The smallest absolute Gasteiger partial charge is 0.282 e. The molecule has 10 nitrogen and oxygen atoms in total. The lowest BCUT2D eigenvalue weighted by molar-refractivity contribution is -0.172. The van der Waals surface area contributed by atoms with Crippen LogP contribution in [-0.4, -0.2) is 75.0 Å². The number of rotatable bonds is 6. The summed E-state index contributed by atoms with van der Waals surface area (Å²) < 4.78 is 76.2. The van der Waals surface area contributed by atoms with Gasteiger partial charge in [0.25, 0.3) is 11.8 Å². The number of carbonyl (C=O) groups excluding carboxylic acids is 2. The predicted molar refractivity (Wildman–Crippen MR) is 138 cm³/mol. The van der Waals surface area contributed by atoms with Gasteiger partial charge in [-0.15, -0.1) is 0 Å². The summed E-state index contributed by atoms with van der Waals surface area (Å²) in [5, 5.41) is 13.1. The number of H-pyrrole nitrogens is 1. The molecule has 2 saturated heterocycles.